The van der Waals surface area contributed by atoms with Crippen molar-refractivity contribution in [2.45, 2.75) is 64.3 Å². The molecule has 2 saturated carbocycles. The molecule has 0 unspecified atom stereocenters. The number of benzene rings is 1. The number of carbonyl (C=O) groups is 2. The highest BCUT2D eigenvalue weighted by molar-refractivity contribution is 9.10. The van der Waals surface area contributed by atoms with Crippen LogP contribution in [-0.4, -0.2) is 17.9 Å². The fourth-order valence-corrected chi connectivity index (χ4v) is 3.73. The van der Waals surface area contributed by atoms with Crippen LogP contribution in [0.1, 0.15) is 56.9 Å². The fraction of sp³-hybridized carbons (Fsp3) is 0.579. The van der Waals surface area contributed by atoms with E-state index in [2.05, 4.69) is 26.6 Å². The monoisotopic (exact) mass is 392 g/mol. The van der Waals surface area contributed by atoms with Crippen molar-refractivity contribution in [2.75, 3.05) is 5.32 Å². The van der Waals surface area contributed by atoms with Crippen LogP contribution in [0.5, 0.6) is 0 Å². The summed E-state index contributed by atoms with van der Waals surface area (Å²) >= 11 is 3.47. The summed E-state index contributed by atoms with van der Waals surface area (Å²) in [5, 5.41) is 6.05. The van der Waals surface area contributed by atoms with Gasteiger partial charge in [-0.1, -0.05) is 47.7 Å². The summed E-state index contributed by atoms with van der Waals surface area (Å²) in [6.45, 7) is 2.00. The van der Waals surface area contributed by atoms with Gasteiger partial charge >= 0.3 is 0 Å². The van der Waals surface area contributed by atoms with Crippen molar-refractivity contribution in [3.8, 4) is 0 Å². The van der Waals surface area contributed by atoms with Crippen LogP contribution >= 0.6 is 15.9 Å². The molecule has 2 amide bonds. The van der Waals surface area contributed by atoms with Crippen molar-refractivity contribution in [3.63, 3.8) is 0 Å². The number of carbonyl (C=O) groups excluding carboxylic acids is 2. The molecule has 2 aliphatic carbocycles. The molecule has 0 bridgehead atoms. The maximum atomic E-state index is 12.7. The summed E-state index contributed by atoms with van der Waals surface area (Å²) in [4.78, 5) is 25.3. The molecule has 24 heavy (non-hydrogen) atoms. The number of halogens is 1. The number of aryl methyl sites for hydroxylation is 1. The molecule has 0 aromatic heterocycles. The molecule has 0 atom stereocenters. The minimum atomic E-state index is -0.857. The lowest BCUT2D eigenvalue weighted by molar-refractivity contribution is -0.134. The Balaban J connectivity index is 1.62. The van der Waals surface area contributed by atoms with Crippen molar-refractivity contribution in [2.24, 2.45) is 5.41 Å². The molecule has 1 aromatic rings. The Morgan fingerprint density at radius 2 is 1.75 bits per heavy atom. The predicted octanol–water partition coefficient (Wildman–Crippen LogP) is 4.32. The average Bonchev–Trinajstić information content (AvgIpc) is 3.36. The molecule has 1 aromatic carbocycles. The van der Waals surface area contributed by atoms with Crippen molar-refractivity contribution in [1.29, 1.82) is 0 Å². The van der Waals surface area contributed by atoms with Gasteiger partial charge in [0.15, 0.2) is 0 Å². The Bertz CT molecular complexity index is 632. The third kappa shape index (κ3) is 3.82. The topological polar surface area (TPSA) is 58.2 Å². The molecule has 5 heteroatoms. The Kier molecular flexibility index (Phi) is 5.28. The second-order valence-electron chi connectivity index (χ2n) is 7.16. The van der Waals surface area contributed by atoms with Gasteiger partial charge in [-0.15, -0.1) is 0 Å². The molecular formula is C19H25BrN2O2. The van der Waals surface area contributed by atoms with Crippen molar-refractivity contribution >= 4 is 33.4 Å². The highest BCUT2D eigenvalue weighted by Gasteiger charge is 2.56. The molecule has 0 aliphatic heterocycles. The third-order valence-corrected chi connectivity index (χ3v) is 6.09. The second kappa shape index (κ2) is 7.26. The Hall–Kier alpha value is -1.36. The first-order valence-corrected chi connectivity index (χ1v) is 9.69. The Morgan fingerprint density at radius 1 is 1.08 bits per heavy atom. The van der Waals surface area contributed by atoms with Crippen molar-refractivity contribution in [3.05, 3.63) is 28.2 Å². The van der Waals surface area contributed by atoms with Crippen molar-refractivity contribution < 1.29 is 9.59 Å². The molecule has 0 heterocycles. The Morgan fingerprint density at radius 3 is 2.33 bits per heavy atom. The van der Waals surface area contributed by atoms with Crippen LogP contribution in [-0.2, 0) is 9.59 Å². The average molecular weight is 393 g/mol. The van der Waals surface area contributed by atoms with Gasteiger partial charge in [-0.25, -0.2) is 0 Å². The molecule has 3 rings (SSSR count). The van der Waals surface area contributed by atoms with Gasteiger partial charge < -0.3 is 10.6 Å². The Labute approximate surface area is 151 Å². The normalized spacial score (nSPS) is 20.1. The zero-order chi connectivity index (χ0) is 17.2. The van der Waals surface area contributed by atoms with E-state index in [1.807, 2.05) is 25.1 Å². The maximum absolute atomic E-state index is 12.7. The van der Waals surface area contributed by atoms with E-state index < -0.39 is 5.41 Å². The highest BCUT2D eigenvalue weighted by atomic mass is 79.9. The molecule has 0 saturated heterocycles. The molecule has 130 valence electrons. The van der Waals surface area contributed by atoms with E-state index in [-0.39, 0.29) is 17.9 Å². The van der Waals surface area contributed by atoms with Gasteiger partial charge in [0.1, 0.15) is 5.41 Å². The van der Waals surface area contributed by atoms with E-state index in [0.29, 0.717) is 12.8 Å². The van der Waals surface area contributed by atoms with Crippen LogP contribution in [0.3, 0.4) is 0 Å². The summed E-state index contributed by atoms with van der Waals surface area (Å²) in [5.74, 6) is -0.262. The predicted molar refractivity (Wildman–Crippen MR) is 98.8 cm³/mol. The van der Waals surface area contributed by atoms with Crippen LogP contribution in [0, 0.1) is 12.3 Å². The van der Waals surface area contributed by atoms with Gasteiger partial charge in [0.05, 0.1) is 0 Å². The number of hydrogen-bond acceptors (Lipinski definition) is 2. The number of anilines is 1. The molecule has 2 fully saturated rings. The lowest BCUT2D eigenvalue weighted by Crippen LogP contribution is -2.44. The van der Waals surface area contributed by atoms with Gasteiger partial charge in [-0.05, 0) is 50.3 Å². The molecular weight excluding hydrogens is 368 g/mol. The van der Waals surface area contributed by atoms with Gasteiger partial charge in [-0.3, -0.25) is 9.59 Å². The maximum Gasteiger partial charge on any atom is 0.240 e. The minimum Gasteiger partial charge on any atom is -0.352 e. The lowest BCUT2D eigenvalue weighted by Gasteiger charge is -2.21. The summed E-state index contributed by atoms with van der Waals surface area (Å²) in [6.07, 6.45) is 8.20. The van der Waals surface area contributed by atoms with Gasteiger partial charge in [0.2, 0.25) is 11.8 Å². The fourth-order valence-electron chi connectivity index (χ4n) is 3.35. The van der Waals surface area contributed by atoms with E-state index in [1.54, 1.807) is 0 Å². The SMILES string of the molecule is Cc1ccc(NC(=O)C2(C(=O)NC3CCCCCC3)CC2)cc1Br. The van der Waals surface area contributed by atoms with Crippen LogP contribution < -0.4 is 10.6 Å². The van der Waals surface area contributed by atoms with Crippen LogP contribution in [0.25, 0.3) is 0 Å². The van der Waals surface area contributed by atoms with E-state index >= 15 is 0 Å². The van der Waals surface area contributed by atoms with Gasteiger partial charge in [0, 0.05) is 16.2 Å². The number of nitrogens with one attached hydrogen (secondary N) is 2. The molecule has 0 radical (unpaired) electrons. The summed E-state index contributed by atoms with van der Waals surface area (Å²) < 4.78 is 0.952. The third-order valence-electron chi connectivity index (χ3n) is 5.24. The smallest absolute Gasteiger partial charge is 0.240 e. The van der Waals surface area contributed by atoms with Crippen molar-refractivity contribution in [1.82, 2.24) is 5.32 Å². The van der Waals surface area contributed by atoms with Gasteiger partial charge in [0.25, 0.3) is 0 Å². The summed E-state index contributed by atoms with van der Waals surface area (Å²) in [7, 11) is 0. The van der Waals surface area contributed by atoms with E-state index in [4.69, 9.17) is 0 Å². The number of hydrogen-bond donors (Lipinski definition) is 2. The van der Waals surface area contributed by atoms with Crippen LogP contribution in [0.4, 0.5) is 5.69 Å². The molecule has 2 N–H and O–H groups in total. The van der Waals surface area contributed by atoms with E-state index in [9.17, 15) is 9.59 Å². The zero-order valence-corrected chi connectivity index (χ0v) is 15.7. The minimum absolute atomic E-state index is 0.0851. The summed E-state index contributed by atoms with van der Waals surface area (Å²) in [5.41, 5.74) is 0.982. The first-order valence-electron chi connectivity index (χ1n) is 8.90. The number of rotatable bonds is 4. The molecule has 0 spiro atoms. The van der Waals surface area contributed by atoms with E-state index in [0.717, 1.165) is 28.6 Å². The van der Waals surface area contributed by atoms with Crippen LogP contribution in [0.2, 0.25) is 0 Å². The number of amides is 2. The highest BCUT2D eigenvalue weighted by Crippen LogP contribution is 2.47. The first kappa shape index (κ1) is 17.5. The lowest BCUT2D eigenvalue weighted by atomic mass is 10.0. The zero-order valence-electron chi connectivity index (χ0n) is 14.2. The summed E-state index contributed by atoms with van der Waals surface area (Å²) in [6, 6.07) is 5.94. The largest absolute Gasteiger partial charge is 0.352 e. The quantitative estimate of drug-likeness (QED) is 0.592. The molecule has 2 aliphatic rings. The standard InChI is InChI=1S/C19H25BrN2O2/c1-13-8-9-15(12-16(13)20)22-18(24)19(10-11-19)17(23)21-14-6-4-2-3-5-7-14/h8-9,12,14H,2-7,10-11H2,1H3,(H,21,23)(H,22,24). The van der Waals surface area contributed by atoms with Crippen LogP contribution in [0.15, 0.2) is 22.7 Å². The molecule has 4 nitrogen and oxygen atoms in total. The first-order chi connectivity index (χ1) is 11.5. The second-order valence-corrected chi connectivity index (χ2v) is 8.02. The van der Waals surface area contributed by atoms with Gasteiger partial charge in [-0.2, -0.15) is 0 Å². The van der Waals surface area contributed by atoms with E-state index in [1.165, 1.54) is 25.7 Å².